The zero-order valence-corrected chi connectivity index (χ0v) is 18.9. The van der Waals surface area contributed by atoms with Crippen LogP contribution in [0.4, 0.5) is 5.69 Å². The molecule has 33 heavy (non-hydrogen) atoms. The van der Waals surface area contributed by atoms with Crippen LogP contribution in [0, 0.1) is 0 Å². The van der Waals surface area contributed by atoms with E-state index in [1.54, 1.807) is 0 Å². The smallest absolute Gasteiger partial charge is 0.137 e. The number of nitrogens with two attached hydrogens (primary N) is 1. The number of nitrogens with zero attached hydrogens (tertiary/aromatic N) is 3. The first-order chi connectivity index (χ1) is 16.2. The van der Waals surface area contributed by atoms with Crippen LogP contribution in [0.15, 0.2) is 103 Å². The Kier molecular flexibility index (Phi) is 5.92. The number of anilines is 1. The van der Waals surface area contributed by atoms with Gasteiger partial charge >= 0.3 is 0 Å². The SMILES string of the molecule is CCN(Cc1ccccc1)Cc1c(-c2ccc(-c3ccccc3)cc2)nc2ccc(N)cn12. The third-order valence-corrected chi connectivity index (χ3v) is 6.08. The van der Waals surface area contributed by atoms with Crippen molar-refractivity contribution in [1.82, 2.24) is 14.3 Å². The summed E-state index contributed by atoms with van der Waals surface area (Å²) in [4.78, 5) is 7.44. The fraction of sp³-hybridized carbons (Fsp3) is 0.138. The molecule has 4 heteroatoms. The lowest BCUT2D eigenvalue weighted by Gasteiger charge is -2.21. The van der Waals surface area contributed by atoms with Crippen LogP contribution in [0.5, 0.6) is 0 Å². The summed E-state index contributed by atoms with van der Waals surface area (Å²) in [5, 5.41) is 0. The molecule has 0 saturated carbocycles. The van der Waals surface area contributed by atoms with Crippen molar-refractivity contribution in [3.63, 3.8) is 0 Å². The van der Waals surface area contributed by atoms with Gasteiger partial charge in [0.05, 0.1) is 11.4 Å². The van der Waals surface area contributed by atoms with Crippen molar-refractivity contribution >= 4 is 11.3 Å². The monoisotopic (exact) mass is 432 g/mol. The maximum atomic E-state index is 6.15. The van der Waals surface area contributed by atoms with Crippen molar-refractivity contribution in [3.05, 3.63) is 115 Å². The number of hydrogen-bond donors (Lipinski definition) is 1. The quantitative estimate of drug-likeness (QED) is 0.330. The van der Waals surface area contributed by atoms with Crippen molar-refractivity contribution in [2.75, 3.05) is 12.3 Å². The lowest BCUT2D eigenvalue weighted by molar-refractivity contribution is 0.268. The fourth-order valence-corrected chi connectivity index (χ4v) is 4.28. The average molecular weight is 433 g/mol. The predicted octanol–water partition coefficient (Wildman–Crippen LogP) is 6.27. The molecule has 0 aliphatic carbocycles. The lowest BCUT2D eigenvalue weighted by atomic mass is 10.0. The Balaban J connectivity index is 1.53. The van der Waals surface area contributed by atoms with E-state index in [-0.39, 0.29) is 0 Å². The molecule has 2 N–H and O–H groups in total. The molecule has 0 aliphatic heterocycles. The van der Waals surface area contributed by atoms with Crippen LogP contribution in [0.25, 0.3) is 28.0 Å². The molecule has 4 nitrogen and oxygen atoms in total. The van der Waals surface area contributed by atoms with Crippen LogP contribution in [0.2, 0.25) is 0 Å². The van der Waals surface area contributed by atoms with Crippen LogP contribution >= 0.6 is 0 Å². The molecule has 5 aromatic rings. The summed E-state index contributed by atoms with van der Waals surface area (Å²) >= 11 is 0. The molecule has 0 fully saturated rings. The van der Waals surface area contributed by atoms with Crippen LogP contribution in [0.1, 0.15) is 18.2 Å². The topological polar surface area (TPSA) is 46.6 Å². The molecule has 2 aromatic heterocycles. The summed E-state index contributed by atoms with van der Waals surface area (Å²) in [6.45, 7) is 4.82. The molecular weight excluding hydrogens is 404 g/mol. The summed E-state index contributed by atoms with van der Waals surface area (Å²) in [7, 11) is 0. The van der Waals surface area contributed by atoms with Crippen molar-refractivity contribution in [2.24, 2.45) is 0 Å². The van der Waals surface area contributed by atoms with E-state index in [1.165, 1.54) is 16.7 Å². The van der Waals surface area contributed by atoms with Gasteiger partial charge in [-0.15, -0.1) is 0 Å². The minimum absolute atomic E-state index is 0.734. The van der Waals surface area contributed by atoms with Crippen molar-refractivity contribution in [1.29, 1.82) is 0 Å². The number of hydrogen-bond acceptors (Lipinski definition) is 3. The van der Waals surface area contributed by atoms with Gasteiger partial charge in [-0.1, -0.05) is 91.9 Å². The van der Waals surface area contributed by atoms with Gasteiger partial charge in [-0.2, -0.15) is 0 Å². The first-order valence-electron chi connectivity index (χ1n) is 11.4. The van der Waals surface area contributed by atoms with E-state index in [0.717, 1.165) is 47.9 Å². The number of rotatable bonds is 7. The minimum Gasteiger partial charge on any atom is -0.398 e. The maximum Gasteiger partial charge on any atom is 0.137 e. The third kappa shape index (κ3) is 4.52. The van der Waals surface area contributed by atoms with E-state index in [4.69, 9.17) is 10.7 Å². The van der Waals surface area contributed by atoms with Gasteiger partial charge in [0.2, 0.25) is 0 Å². The van der Waals surface area contributed by atoms with E-state index < -0.39 is 0 Å². The highest BCUT2D eigenvalue weighted by molar-refractivity contribution is 5.72. The van der Waals surface area contributed by atoms with Crippen LogP contribution in [0.3, 0.4) is 0 Å². The Hall–Kier alpha value is -3.89. The Morgan fingerprint density at radius 3 is 2.06 bits per heavy atom. The second kappa shape index (κ2) is 9.31. The summed E-state index contributed by atoms with van der Waals surface area (Å²) in [6.07, 6.45) is 1.98. The third-order valence-electron chi connectivity index (χ3n) is 6.08. The zero-order chi connectivity index (χ0) is 22.6. The lowest BCUT2D eigenvalue weighted by Crippen LogP contribution is -2.23. The van der Waals surface area contributed by atoms with E-state index in [0.29, 0.717) is 0 Å². The van der Waals surface area contributed by atoms with Gasteiger partial charge in [-0.25, -0.2) is 4.98 Å². The number of aromatic nitrogens is 2. The van der Waals surface area contributed by atoms with Crippen molar-refractivity contribution in [2.45, 2.75) is 20.0 Å². The maximum absolute atomic E-state index is 6.15. The van der Waals surface area contributed by atoms with Crippen molar-refractivity contribution < 1.29 is 0 Å². The van der Waals surface area contributed by atoms with Crippen LogP contribution in [-0.2, 0) is 13.1 Å². The summed E-state index contributed by atoms with van der Waals surface area (Å²) in [5.41, 5.74) is 14.8. The van der Waals surface area contributed by atoms with Gasteiger partial charge in [0.1, 0.15) is 5.65 Å². The van der Waals surface area contributed by atoms with Gasteiger partial charge in [-0.05, 0) is 35.4 Å². The Morgan fingerprint density at radius 2 is 1.36 bits per heavy atom. The number of benzene rings is 3. The summed E-state index contributed by atoms with van der Waals surface area (Å²) < 4.78 is 2.14. The molecular formula is C29H28N4. The average Bonchev–Trinajstić information content (AvgIpc) is 3.22. The van der Waals surface area contributed by atoms with E-state index in [2.05, 4.69) is 95.1 Å². The first kappa shape index (κ1) is 21.0. The molecule has 0 aliphatic rings. The highest BCUT2D eigenvalue weighted by Crippen LogP contribution is 2.29. The standard InChI is InChI=1S/C29H28N4/c1-2-32(19-22-9-5-3-6-10-22)21-27-29(31-28-18-17-26(30)20-33(27)28)25-15-13-24(14-16-25)23-11-7-4-8-12-23/h3-18,20H,2,19,21,30H2,1H3. The Labute approximate surface area is 194 Å². The number of nitrogen functional groups attached to an aromatic ring is 1. The molecule has 5 rings (SSSR count). The predicted molar refractivity (Wildman–Crippen MR) is 137 cm³/mol. The molecule has 2 heterocycles. The molecule has 0 radical (unpaired) electrons. The normalized spacial score (nSPS) is 11.3. The summed E-state index contributed by atoms with van der Waals surface area (Å²) in [5.74, 6) is 0. The molecule has 0 spiro atoms. The second-order valence-electron chi connectivity index (χ2n) is 8.33. The zero-order valence-electron chi connectivity index (χ0n) is 18.9. The van der Waals surface area contributed by atoms with Crippen LogP contribution in [-0.4, -0.2) is 20.8 Å². The van der Waals surface area contributed by atoms with Gasteiger partial charge in [0, 0.05) is 30.5 Å². The first-order valence-corrected chi connectivity index (χ1v) is 11.4. The van der Waals surface area contributed by atoms with Gasteiger partial charge < -0.3 is 10.1 Å². The van der Waals surface area contributed by atoms with E-state index in [1.807, 2.05) is 24.4 Å². The number of fused-ring (bicyclic) bond motifs is 1. The molecule has 164 valence electrons. The fourth-order valence-electron chi connectivity index (χ4n) is 4.28. The highest BCUT2D eigenvalue weighted by Gasteiger charge is 2.17. The Bertz CT molecular complexity index is 1340. The molecule has 0 atom stereocenters. The van der Waals surface area contributed by atoms with E-state index in [9.17, 15) is 0 Å². The Morgan fingerprint density at radius 1 is 0.727 bits per heavy atom. The molecule has 0 bridgehead atoms. The van der Waals surface area contributed by atoms with Gasteiger partial charge in [0.25, 0.3) is 0 Å². The number of pyridine rings is 1. The summed E-state index contributed by atoms with van der Waals surface area (Å²) in [6, 6.07) is 33.7. The molecule has 0 saturated heterocycles. The van der Waals surface area contributed by atoms with E-state index >= 15 is 0 Å². The minimum atomic E-state index is 0.734. The largest absolute Gasteiger partial charge is 0.398 e. The highest BCUT2D eigenvalue weighted by atomic mass is 15.1. The molecule has 3 aromatic carbocycles. The van der Waals surface area contributed by atoms with Gasteiger partial charge in [0.15, 0.2) is 0 Å². The molecule has 0 unspecified atom stereocenters. The number of imidazole rings is 1. The molecule has 0 amide bonds. The van der Waals surface area contributed by atoms with Crippen molar-refractivity contribution in [3.8, 4) is 22.4 Å². The van der Waals surface area contributed by atoms with Gasteiger partial charge in [-0.3, -0.25) is 4.90 Å². The van der Waals surface area contributed by atoms with Crippen LogP contribution < -0.4 is 5.73 Å². The second-order valence-corrected chi connectivity index (χ2v) is 8.33.